The Morgan fingerprint density at radius 2 is 0.469 bits per heavy atom. The number of aryl methyl sites for hydroxylation is 4. The van der Waals surface area contributed by atoms with E-state index in [1.54, 1.807) is 0 Å². The summed E-state index contributed by atoms with van der Waals surface area (Å²) in [6, 6.07) is 35.1. The molecule has 0 heterocycles. The van der Waals surface area contributed by atoms with Crippen LogP contribution in [0.2, 0.25) is 0 Å². The average molecular weight is 501 g/mol. The van der Waals surface area contributed by atoms with E-state index in [2.05, 4.69) is 125 Å². The lowest BCUT2D eigenvalue weighted by Crippen LogP contribution is -2.02. The predicted molar refractivity (Wildman–Crippen MR) is 154 cm³/mol. The lowest BCUT2D eigenvalue weighted by molar-refractivity contribution is 1.49. The molecule has 0 saturated carbocycles. The summed E-state index contributed by atoms with van der Waals surface area (Å²) in [5.41, 5.74) is 5.31. The highest BCUT2D eigenvalue weighted by molar-refractivity contribution is 7.55. The summed E-state index contributed by atoms with van der Waals surface area (Å²) < 4.78 is 0. The van der Waals surface area contributed by atoms with Gasteiger partial charge >= 0.3 is 0 Å². The smallest absolute Gasteiger partial charge is 0.0226 e. The largest absolute Gasteiger partial charge is 0.147 e. The molecule has 0 unspecified atom stereocenters. The van der Waals surface area contributed by atoms with Gasteiger partial charge in [-0.15, -0.1) is 24.8 Å². The van der Waals surface area contributed by atoms with Crippen molar-refractivity contribution in [1.82, 2.24) is 0 Å². The molecule has 0 aromatic heterocycles. The molecule has 0 amide bonds. The summed E-state index contributed by atoms with van der Waals surface area (Å²) in [5, 5.41) is 5.63. The Kier molecular flexibility index (Phi) is 12.8. The van der Waals surface area contributed by atoms with Crippen molar-refractivity contribution < 1.29 is 0 Å². The lowest BCUT2D eigenvalue weighted by atomic mass is 10.2. The van der Waals surface area contributed by atoms with E-state index < -0.39 is 0 Å². The van der Waals surface area contributed by atoms with Crippen molar-refractivity contribution in [2.24, 2.45) is 0 Å². The van der Waals surface area contributed by atoms with E-state index in [1.807, 2.05) is 0 Å². The Labute approximate surface area is 209 Å². The van der Waals surface area contributed by atoms with Gasteiger partial charge in [0.2, 0.25) is 0 Å². The minimum absolute atomic E-state index is 0. The van der Waals surface area contributed by atoms with Crippen molar-refractivity contribution in [3.05, 3.63) is 119 Å². The minimum atomic E-state index is 0. The fourth-order valence-corrected chi connectivity index (χ4v) is 4.88. The van der Waals surface area contributed by atoms with Gasteiger partial charge in [0.1, 0.15) is 0 Å². The fraction of sp³-hybridized carbons (Fsp3) is 0.143. The first-order valence-electron chi connectivity index (χ1n) is 10.3. The summed E-state index contributed by atoms with van der Waals surface area (Å²) in [5.74, 6) is 0. The van der Waals surface area contributed by atoms with E-state index >= 15 is 0 Å². The molecule has 0 spiro atoms. The van der Waals surface area contributed by atoms with E-state index in [9.17, 15) is 0 Å². The second kappa shape index (κ2) is 14.5. The van der Waals surface area contributed by atoms with Crippen LogP contribution in [-0.2, 0) is 0 Å². The molecule has 0 N–H and O–H groups in total. The van der Waals surface area contributed by atoms with Crippen LogP contribution in [0.1, 0.15) is 22.3 Å². The molecule has 4 heteroatoms. The zero-order chi connectivity index (χ0) is 21.3. The van der Waals surface area contributed by atoms with Gasteiger partial charge in [0, 0.05) is 0 Å². The molecule has 0 aliphatic rings. The zero-order valence-electron chi connectivity index (χ0n) is 19.1. The van der Waals surface area contributed by atoms with E-state index in [0.717, 1.165) is 17.2 Å². The predicted octanol–water partition coefficient (Wildman–Crippen LogP) is 6.71. The van der Waals surface area contributed by atoms with Gasteiger partial charge in [-0.3, -0.25) is 0 Å². The van der Waals surface area contributed by atoms with Crippen molar-refractivity contribution in [1.29, 1.82) is 0 Å². The second-order valence-electron chi connectivity index (χ2n) is 7.71. The number of hydrogen-bond donors (Lipinski definition) is 0. The molecule has 32 heavy (non-hydrogen) atoms. The minimum Gasteiger partial charge on any atom is -0.147 e. The molecular weight excluding hydrogens is 469 g/mol. The fourth-order valence-electron chi connectivity index (χ4n) is 2.88. The summed E-state index contributed by atoms with van der Waals surface area (Å²) in [6.07, 6.45) is 0. The summed E-state index contributed by atoms with van der Waals surface area (Å²) in [6.45, 7) is 8.50. The Morgan fingerprint density at radius 3 is 0.625 bits per heavy atom. The van der Waals surface area contributed by atoms with Crippen LogP contribution in [-0.4, -0.2) is 0 Å². The third kappa shape index (κ3) is 9.85. The Morgan fingerprint density at radius 1 is 0.312 bits per heavy atom. The van der Waals surface area contributed by atoms with E-state index in [0.29, 0.717) is 0 Å². The standard InChI is InChI=1S/2C14H15P.2ClH/c2*1-11-3-7-13(8-4-11)15-14-9-5-12(2)6-10-14;;/h2*3-10,15H,1-2H3;2*1H. The third-order valence-corrected chi connectivity index (χ3v) is 7.27. The number of halogens is 2. The summed E-state index contributed by atoms with van der Waals surface area (Å²) in [7, 11) is 1.54. The van der Waals surface area contributed by atoms with Gasteiger partial charge in [0.05, 0.1) is 0 Å². The normalized spacial score (nSPS) is 9.62. The Bertz CT molecular complexity index is 865. The molecule has 0 atom stereocenters. The molecule has 0 aliphatic carbocycles. The van der Waals surface area contributed by atoms with Gasteiger partial charge in [-0.2, -0.15) is 0 Å². The first-order chi connectivity index (χ1) is 14.5. The van der Waals surface area contributed by atoms with Crippen molar-refractivity contribution in [2.45, 2.75) is 27.7 Å². The Hall–Kier alpha value is -1.68. The first kappa shape index (κ1) is 28.4. The van der Waals surface area contributed by atoms with Crippen LogP contribution in [0.3, 0.4) is 0 Å². The van der Waals surface area contributed by atoms with Crippen LogP contribution in [0.5, 0.6) is 0 Å². The molecule has 168 valence electrons. The molecule has 4 aromatic rings. The maximum Gasteiger partial charge on any atom is -0.0226 e. The van der Waals surface area contributed by atoms with Crippen molar-refractivity contribution in [3.8, 4) is 0 Å². The topological polar surface area (TPSA) is 0 Å². The highest BCUT2D eigenvalue weighted by Crippen LogP contribution is 2.12. The Balaban J connectivity index is 0.000000301. The SMILES string of the molecule is Cc1ccc(Pc2ccc(C)cc2)cc1.Cc1ccc(Pc2ccc(C)cc2)cc1.Cl.Cl. The van der Waals surface area contributed by atoms with E-state index in [-0.39, 0.29) is 24.8 Å². The molecule has 0 saturated heterocycles. The van der Waals surface area contributed by atoms with Crippen LogP contribution in [0.15, 0.2) is 97.1 Å². The van der Waals surface area contributed by atoms with Crippen LogP contribution in [0.25, 0.3) is 0 Å². The number of hydrogen-bond acceptors (Lipinski definition) is 0. The first-order valence-corrected chi connectivity index (χ1v) is 12.3. The maximum atomic E-state index is 2.22. The zero-order valence-corrected chi connectivity index (χ0v) is 22.7. The van der Waals surface area contributed by atoms with Crippen molar-refractivity contribution in [3.63, 3.8) is 0 Å². The van der Waals surface area contributed by atoms with Crippen molar-refractivity contribution >= 4 is 63.2 Å². The molecule has 0 aliphatic heterocycles. The maximum absolute atomic E-state index is 2.22. The molecule has 0 nitrogen and oxygen atoms in total. The molecule has 4 aromatic carbocycles. The van der Waals surface area contributed by atoms with Gasteiger partial charge in [0.15, 0.2) is 0 Å². The molecule has 0 bridgehead atoms. The summed E-state index contributed by atoms with van der Waals surface area (Å²) in [4.78, 5) is 0. The lowest BCUT2D eigenvalue weighted by Gasteiger charge is -2.03. The highest BCUT2D eigenvalue weighted by Gasteiger charge is 1.96. The molecule has 0 radical (unpaired) electrons. The van der Waals surface area contributed by atoms with Crippen LogP contribution >= 0.6 is 42.0 Å². The molecular formula is C28H32Cl2P2. The molecule has 0 fully saturated rings. The van der Waals surface area contributed by atoms with Crippen molar-refractivity contribution in [2.75, 3.05) is 0 Å². The molecule has 4 rings (SSSR count). The monoisotopic (exact) mass is 500 g/mol. The quantitative estimate of drug-likeness (QED) is 0.273. The van der Waals surface area contributed by atoms with Gasteiger partial charge in [-0.25, -0.2) is 0 Å². The summed E-state index contributed by atoms with van der Waals surface area (Å²) >= 11 is 0. The second-order valence-corrected chi connectivity index (χ2v) is 10.5. The van der Waals surface area contributed by atoms with Gasteiger partial charge in [-0.1, -0.05) is 136 Å². The van der Waals surface area contributed by atoms with Crippen LogP contribution in [0, 0.1) is 27.7 Å². The van der Waals surface area contributed by atoms with Gasteiger partial charge in [-0.05, 0) is 48.9 Å². The van der Waals surface area contributed by atoms with E-state index in [1.165, 1.54) is 43.5 Å². The van der Waals surface area contributed by atoms with Gasteiger partial charge < -0.3 is 0 Å². The van der Waals surface area contributed by atoms with Crippen LogP contribution in [0.4, 0.5) is 0 Å². The highest BCUT2D eigenvalue weighted by atomic mass is 35.5. The average Bonchev–Trinajstić information content (AvgIpc) is 2.75. The van der Waals surface area contributed by atoms with Gasteiger partial charge in [0.25, 0.3) is 0 Å². The third-order valence-electron chi connectivity index (χ3n) is 4.78. The number of rotatable bonds is 4. The number of benzene rings is 4. The van der Waals surface area contributed by atoms with E-state index in [4.69, 9.17) is 0 Å². The van der Waals surface area contributed by atoms with Crippen LogP contribution < -0.4 is 21.2 Å².